The van der Waals surface area contributed by atoms with Gasteiger partial charge in [-0.2, -0.15) is 13.2 Å². The van der Waals surface area contributed by atoms with Crippen LogP contribution in [0.4, 0.5) is 13.2 Å². The van der Waals surface area contributed by atoms with Crippen molar-refractivity contribution < 1.29 is 13.2 Å². The fourth-order valence-corrected chi connectivity index (χ4v) is 2.76. The SMILES string of the molecule is Cn1cc(-c2cccc(C(F)(F)F)c2)nc1-c1cccc(Br)c1. The van der Waals surface area contributed by atoms with E-state index in [4.69, 9.17) is 0 Å². The van der Waals surface area contributed by atoms with Crippen LogP contribution in [-0.2, 0) is 13.2 Å². The van der Waals surface area contributed by atoms with Gasteiger partial charge >= 0.3 is 6.18 Å². The monoisotopic (exact) mass is 380 g/mol. The molecule has 0 saturated carbocycles. The van der Waals surface area contributed by atoms with Crippen LogP contribution in [0.3, 0.4) is 0 Å². The first-order valence-electron chi connectivity index (χ1n) is 6.81. The molecule has 0 aliphatic heterocycles. The van der Waals surface area contributed by atoms with Crippen LogP contribution in [0, 0.1) is 0 Å². The van der Waals surface area contributed by atoms with Crippen molar-refractivity contribution >= 4 is 15.9 Å². The maximum atomic E-state index is 12.8. The summed E-state index contributed by atoms with van der Waals surface area (Å²) in [5.41, 5.74) is 1.16. The minimum atomic E-state index is -4.36. The molecule has 0 radical (unpaired) electrons. The van der Waals surface area contributed by atoms with Crippen LogP contribution < -0.4 is 0 Å². The van der Waals surface area contributed by atoms with Crippen LogP contribution in [0.1, 0.15) is 5.56 Å². The van der Waals surface area contributed by atoms with E-state index in [2.05, 4.69) is 20.9 Å². The van der Waals surface area contributed by atoms with Crippen molar-refractivity contribution in [2.45, 2.75) is 6.18 Å². The normalized spacial score (nSPS) is 11.7. The predicted octanol–water partition coefficient (Wildman–Crippen LogP) is 5.54. The Kier molecular flexibility index (Phi) is 4.02. The molecule has 1 heterocycles. The van der Waals surface area contributed by atoms with Crippen LogP contribution in [0.15, 0.2) is 59.2 Å². The average molecular weight is 381 g/mol. The van der Waals surface area contributed by atoms with Crippen LogP contribution in [0.2, 0.25) is 0 Å². The highest BCUT2D eigenvalue weighted by Crippen LogP contribution is 2.32. The Morgan fingerprint density at radius 1 is 1.00 bits per heavy atom. The van der Waals surface area contributed by atoms with Crippen molar-refractivity contribution in [1.29, 1.82) is 0 Å². The van der Waals surface area contributed by atoms with Gasteiger partial charge in [0.05, 0.1) is 11.3 Å². The molecule has 6 heteroatoms. The van der Waals surface area contributed by atoms with Crippen molar-refractivity contribution in [2.75, 3.05) is 0 Å². The first-order chi connectivity index (χ1) is 10.8. The zero-order valence-electron chi connectivity index (χ0n) is 12.1. The van der Waals surface area contributed by atoms with Crippen LogP contribution in [0.5, 0.6) is 0 Å². The largest absolute Gasteiger partial charge is 0.416 e. The van der Waals surface area contributed by atoms with Gasteiger partial charge in [-0.3, -0.25) is 0 Å². The smallest absolute Gasteiger partial charge is 0.333 e. The van der Waals surface area contributed by atoms with Gasteiger partial charge in [-0.25, -0.2) is 4.98 Å². The molecule has 3 rings (SSSR count). The number of rotatable bonds is 2. The molecule has 0 unspecified atom stereocenters. The van der Waals surface area contributed by atoms with E-state index >= 15 is 0 Å². The maximum absolute atomic E-state index is 12.8. The zero-order chi connectivity index (χ0) is 16.6. The minimum Gasteiger partial charge on any atom is -0.333 e. The number of imidazole rings is 1. The van der Waals surface area contributed by atoms with E-state index in [-0.39, 0.29) is 0 Å². The second-order valence-electron chi connectivity index (χ2n) is 5.15. The lowest BCUT2D eigenvalue weighted by Gasteiger charge is -2.07. The Balaban J connectivity index is 2.05. The van der Waals surface area contributed by atoms with Crippen LogP contribution in [0.25, 0.3) is 22.6 Å². The molecule has 0 bridgehead atoms. The minimum absolute atomic E-state index is 0.441. The third-order valence-electron chi connectivity index (χ3n) is 3.44. The highest BCUT2D eigenvalue weighted by atomic mass is 79.9. The molecule has 0 spiro atoms. The Morgan fingerprint density at radius 2 is 1.70 bits per heavy atom. The lowest BCUT2D eigenvalue weighted by Crippen LogP contribution is -2.04. The first-order valence-corrected chi connectivity index (χ1v) is 7.61. The van der Waals surface area contributed by atoms with Gasteiger partial charge in [-0.1, -0.05) is 40.2 Å². The summed E-state index contributed by atoms with van der Waals surface area (Å²) in [6, 6.07) is 12.8. The first kappa shape index (κ1) is 15.8. The summed E-state index contributed by atoms with van der Waals surface area (Å²) in [7, 11) is 1.82. The van der Waals surface area contributed by atoms with E-state index in [1.807, 2.05) is 31.3 Å². The summed E-state index contributed by atoms with van der Waals surface area (Å²) in [4.78, 5) is 4.49. The van der Waals surface area contributed by atoms with E-state index < -0.39 is 11.7 Å². The Bertz CT molecular complexity index is 853. The van der Waals surface area contributed by atoms with E-state index in [0.717, 1.165) is 22.2 Å². The number of benzene rings is 2. The van der Waals surface area contributed by atoms with Gasteiger partial charge in [0.25, 0.3) is 0 Å². The standard InChI is InChI=1S/C17H12BrF3N2/c1-23-10-15(11-4-2-6-13(8-11)17(19,20)21)22-16(23)12-5-3-7-14(18)9-12/h2-10H,1H3. The third-order valence-corrected chi connectivity index (χ3v) is 3.94. The number of hydrogen-bond donors (Lipinski definition) is 0. The topological polar surface area (TPSA) is 17.8 Å². The highest BCUT2D eigenvalue weighted by Gasteiger charge is 2.30. The molecule has 2 nitrogen and oxygen atoms in total. The Hall–Kier alpha value is -2.08. The summed E-state index contributed by atoms with van der Waals surface area (Å²) in [5.74, 6) is 0.693. The molecule has 118 valence electrons. The summed E-state index contributed by atoms with van der Waals surface area (Å²) in [6.07, 6.45) is -2.64. The Morgan fingerprint density at radius 3 is 2.39 bits per heavy atom. The molecule has 0 N–H and O–H groups in total. The molecule has 23 heavy (non-hydrogen) atoms. The van der Waals surface area contributed by atoms with E-state index in [0.29, 0.717) is 17.1 Å². The molecule has 0 fully saturated rings. The summed E-state index contributed by atoms with van der Waals surface area (Å²) >= 11 is 3.41. The Labute approximate surface area is 139 Å². The molecular weight excluding hydrogens is 369 g/mol. The van der Waals surface area contributed by atoms with Gasteiger partial charge < -0.3 is 4.57 Å². The molecule has 0 aliphatic carbocycles. The second kappa shape index (κ2) is 5.85. The number of nitrogens with zero attached hydrogens (tertiary/aromatic N) is 2. The van der Waals surface area contributed by atoms with Crippen molar-refractivity contribution in [1.82, 2.24) is 9.55 Å². The molecule has 1 aromatic heterocycles. The second-order valence-corrected chi connectivity index (χ2v) is 6.07. The molecule has 2 aromatic carbocycles. The number of hydrogen-bond acceptors (Lipinski definition) is 1. The van der Waals surface area contributed by atoms with Crippen LogP contribution in [-0.4, -0.2) is 9.55 Å². The van der Waals surface area contributed by atoms with Gasteiger partial charge in [0.2, 0.25) is 0 Å². The van der Waals surface area contributed by atoms with E-state index in [1.54, 1.807) is 16.8 Å². The molecule has 0 aliphatic rings. The fourth-order valence-electron chi connectivity index (χ4n) is 2.36. The summed E-state index contributed by atoms with van der Waals surface area (Å²) in [6.45, 7) is 0. The summed E-state index contributed by atoms with van der Waals surface area (Å²) in [5, 5.41) is 0. The highest BCUT2D eigenvalue weighted by molar-refractivity contribution is 9.10. The van der Waals surface area contributed by atoms with Crippen LogP contribution >= 0.6 is 15.9 Å². The number of halogens is 4. The number of aromatic nitrogens is 2. The maximum Gasteiger partial charge on any atom is 0.416 e. The van der Waals surface area contributed by atoms with Crippen molar-refractivity contribution in [3.63, 3.8) is 0 Å². The number of alkyl halides is 3. The van der Waals surface area contributed by atoms with Gasteiger partial charge in [0, 0.05) is 28.8 Å². The molecule has 0 atom stereocenters. The van der Waals surface area contributed by atoms with Gasteiger partial charge in [-0.05, 0) is 24.3 Å². The van der Waals surface area contributed by atoms with E-state index in [9.17, 15) is 13.2 Å². The van der Waals surface area contributed by atoms with Crippen molar-refractivity contribution in [3.05, 3.63) is 64.8 Å². The molecule has 3 aromatic rings. The molecule has 0 amide bonds. The quantitative estimate of drug-likeness (QED) is 0.570. The van der Waals surface area contributed by atoms with Gasteiger partial charge in [0.15, 0.2) is 0 Å². The molecule has 0 saturated heterocycles. The van der Waals surface area contributed by atoms with Crippen molar-refractivity contribution in [3.8, 4) is 22.6 Å². The zero-order valence-corrected chi connectivity index (χ0v) is 13.7. The average Bonchev–Trinajstić information content (AvgIpc) is 2.89. The fraction of sp³-hybridized carbons (Fsp3) is 0.118. The van der Waals surface area contributed by atoms with E-state index in [1.165, 1.54) is 6.07 Å². The third kappa shape index (κ3) is 3.32. The lowest BCUT2D eigenvalue weighted by atomic mass is 10.1. The predicted molar refractivity (Wildman–Crippen MR) is 86.8 cm³/mol. The van der Waals surface area contributed by atoms with Crippen molar-refractivity contribution in [2.24, 2.45) is 7.05 Å². The summed E-state index contributed by atoms with van der Waals surface area (Å²) < 4.78 is 41.3. The molecular formula is C17H12BrF3N2. The van der Waals surface area contributed by atoms with Gasteiger partial charge in [0.1, 0.15) is 5.82 Å². The van der Waals surface area contributed by atoms with Gasteiger partial charge in [-0.15, -0.1) is 0 Å². The number of aryl methyl sites for hydroxylation is 1. The lowest BCUT2D eigenvalue weighted by molar-refractivity contribution is -0.137.